The molecule has 8 nitrogen and oxygen atoms in total. The number of nitrogens with zero attached hydrogens (tertiary/aromatic N) is 2. The van der Waals surface area contributed by atoms with E-state index in [0.29, 0.717) is 18.8 Å². The van der Waals surface area contributed by atoms with Crippen LogP contribution in [0.15, 0.2) is 54.6 Å². The van der Waals surface area contributed by atoms with Crippen LogP contribution < -0.4 is 15.6 Å². The van der Waals surface area contributed by atoms with E-state index < -0.39 is 11.8 Å². The van der Waals surface area contributed by atoms with Crippen LogP contribution in [-0.4, -0.2) is 67.9 Å². The summed E-state index contributed by atoms with van der Waals surface area (Å²) >= 11 is 0. The molecule has 1 atom stereocenters. The van der Waals surface area contributed by atoms with Gasteiger partial charge in [-0.1, -0.05) is 48.5 Å². The Bertz CT molecular complexity index is 917. The number of hydrazine groups is 1. The molecule has 0 bridgehead atoms. The van der Waals surface area contributed by atoms with Crippen molar-refractivity contribution < 1.29 is 19.1 Å². The number of hydrogen-bond donors (Lipinski definition) is 2. The van der Waals surface area contributed by atoms with Crippen molar-refractivity contribution in [2.75, 3.05) is 40.3 Å². The summed E-state index contributed by atoms with van der Waals surface area (Å²) in [5, 5.41) is 0. The van der Waals surface area contributed by atoms with E-state index in [1.807, 2.05) is 67.5 Å². The lowest BCUT2D eigenvalue weighted by molar-refractivity contribution is -0.132. The summed E-state index contributed by atoms with van der Waals surface area (Å²) in [6.07, 6.45) is 0.149. The summed E-state index contributed by atoms with van der Waals surface area (Å²) in [7, 11) is 3.86. The highest BCUT2D eigenvalue weighted by Gasteiger charge is 2.34. The number of para-hydroxylation sites is 1. The fraction of sp³-hybridized carbons (Fsp3) is 0.348. The van der Waals surface area contributed by atoms with Gasteiger partial charge in [-0.25, -0.2) is 0 Å². The lowest BCUT2D eigenvalue weighted by Crippen LogP contribution is -2.46. The average molecular weight is 425 g/mol. The lowest BCUT2D eigenvalue weighted by atomic mass is 10.1. The van der Waals surface area contributed by atoms with Crippen molar-refractivity contribution >= 4 is 17.7 Å². The number of ether oxygens (including phenoxy) is 1. The summed E-state index contributed by atoms with van der Waals surface area (Å²) in [5.41, 5.74) is 6.63. The van der Waals surface area contributed by atoms with Crippen molar-refractivity contribution in [2.24, 2.45) is 5.92 Å². The number of nitrogens with one attached hydrogen (secondary N) is 2. The predicted octanol–water partition coefficient (Wildman–Crippen LogP) is 1.29. The van der Waals surface area contributed by atoms with Gasteiger partial charge >= 0.3 is 0 Å². The molecular formula is C23H28N4O4. The van der Waals surface area contributed by atoms with Crippen LogP contribution in [-0.2, 0) is 14.4 Å². The molecule has 3 rings (SSSR count). The summed E-state index contributed by atoms with van der Waals surface area (Å²) in [4.78, 5) is 40.2. The van der Waals surface area contributed by atoms with Gasteiger partial charge in [0.25, 0.3) is 5.91 Å². The van der Waals surface area contributed by atoms with Gasteiger partial charge in [-0.15, -0.1) is 0 Å². The van der Waals surface area contributed by atoms with Gasteiger partial charge in [-0.3, -0.25) is 25.2 Å². The molecule has 0 aliphatic carbocycles. The molecule has 0 spiro atoms. The number of rotatable bonds is 8. The van der Waals surface area contributed by atoms with Crippen LogP contribution in [0.5, 0.6) is 5.75 Å². The smallest absolute Gasteiger partial charge is 0.276 e. The van der Waals surface area contributed by atoms with Gasteiger partial charge in [0.2, 0.25) is 11.8 Å². The van der Waals surface area contributed by atoms with Crippen LogP contribution in [0.2, 0.25) is 0 Å². The summed E-state index contributed by atoms with van der Waals surface area (Å²) < 4.78 is 5.67. The third kappa shape index (κ3) is 6.29. The minimum absolute atomic E-state index is 0.0471. The van der Waals surface area contributed by atoms with E-state index >= 15 is 0 Å². The maximum absolute atomic E-state index is 12.3. The van der Waals surface area contributed by atoms with Crippen molar-refractivity contribution in [2.45, 2.75) is 6.42 Å². The second-order valence-electron chi connectivity index (χ2n) is 7.73. The molecule has 1 fully saturated rings. The summed E-state index contributed by atoms with van der Waals surface area (Å²) in [5.74, 6) is -0.805. The fourth-order valence-corrected chi connectivity index (χ4v) is 3.35. The molecule has 8 heteroatoms. The van der Waals surface area contributed by atoms with E-state index in [-0.39, 0.29) is 24.8 Å². The first-order valence-corrected chi connectivity index (χ1v) is 10.2. The third-order valence-corrected chi connectivity index (χ3v) is 5.06. The first-order chi connectivity index (χ1) is 14.9. The molecule has 0 saturated carbocycles. The summed E-state index contributed by atoms with van der Waals surface area (Å²) in [6.45, 7) is 1.42. The van der Waals surface area contributed by atoms with E-state index in [1.54, 1.807) is 11.0 Å². The Labute approximate surface area is 182 Å². The third-order valence-electron chi connectivity index (χ3n) is 5.06. The highest BCUT2D eigenvalue weighted by atomic mass is 16.5. The monoisotopic (exact) mass is 424 g/mol. The minimum atomic E-state index is -0.481. The number of amides is 3. The molecule has 3 amide bonds. The quantitative estimate of drug-likeness (QED) is 0.623. The molecule has 31 heavy (non-hydrogen) atoms. The van der Waals surface area contributed by atoms with Gasteiger partial charge in [-0.2, -0.15) is 0 Å². The second kappa shape index (κ2) is 10.6. The van der Waals surface area contributed by atoms with E-state index in [2.05, 4.69) is 10.9 Å². The Morgan fingerprint density at radius 3 is 2.52 bits per heavy atom. The first-order valence-electron chi connectivity index (χ1n) is 10.2. The fourth-order valence-electron chi connectivity index (χ4n) is 3.35. The van der Waals surface area contributed by atoms with Crippen LogP contribution in [0.1, 0.15) is 6.42 Å². The van der Waals surface area contributed by atoms with Crippen LogP contribution in [0, 0.1) is 5.92 Å². The summed E-state index contributed by atoms with van der Waals surface area (Å²) in [6, 6.07) is 17.2. The zero-order valence-corrected chi connectivity index (χ0v) is 17.8. The molecule has 1 saturated heterocycles. The van der Waals surface area contributed by atoms with Crippen molar-refractivity contribution in [3.63, 3.8) is 0 Å². The van der Waals surface area contributed by atoms with Crippen molar-refractivity contribution in [1.29, 1.82) is 0 Å². The van der Waals surface area contributed by atoms with E-state index in [9.17, 15) is 14.4 Å². The molecule has 1 heterocycles. The zero-order chi connectivity index (χ0) is 22.2. The Kier molecular flexibility index (Phi) is 7.61. The minimum Gasteiger partial charge on any atom is -0.483 e. The molecule has 1 aliphatic rings. The standard InChI is InChI=1S/C23H28N4O4/c1-26(2)12-13-27-15-18(14-22(27)29)23(30)25-24-21(28)16-31-20-11-7-6-10-19(20)17-8-4-3-5-9-17/h3-11,18H,12-16H2,1-2H3,(H,24,28)(H,25,30). The number of carbonyl (C=O) groups excluding carboxylic acids is 3. The Morgan fingerprint density at radius 2 is 1.77 bits per heavy atom. The van der Waals surface area contributed by atoms with E-state index in [0.717, 1.165) is 17.7 Å². The molecule has 0 aromatic heterocycles. The highest BCUT2D eigenvalue weighted by molar-refractivity contribution is 5.90. The molecule has 2 aromatic carbocycles. The molecule has 2 N–H and O–H groups in total. The van der Waals surface area contributed by atoms with Gasteiger partial charge in [0.1, 0.15) is 5.75 Å². The normalized spacial score (nSPS) is 15.8. The van der Waals surface area contributed by atoms with Crippen LogP contribution in [0.25, 0.3) is 11.1 Å². The first kappa shape index (κ1) is 22.3. The van der Waals surface area contributed by atoms with Crippen LogP contribution in [0.4, 0.5) is 0 Å². The largest absolute Gasteiger partial charge is 0.483 e. The number of likely N-dealkylation sites (N-methyl/N-ethyl adjacent to an activating group) is 1. The highest BCUT2D eigenvalue weighted by Crippen LogP contribution is 2.29. The van der Waals surface area contributed by atoms with E-state index in [1.165, 1.54) is 0 Å². The van der Waals surface area contributed by atoms with Crippen molar-refractivity contribution in [1.82, 2.24) is 20.7 Å². The number of carbonyl (C=O) groups is 3. The number of benzene rings is 2. The van der Waals surface area contributed by atoms with E-state index in [4.69, 9.17) is 4.74 Å². The van der Waals surface area contributed by atoms with Gasteiger partial charge in [0.05, 0.1) is 5.92 Å². The SMILES string of the molecule is CN(C)CCN1CC(C(=O)NNC(=O)COc2ccccc2-c2ccccc2)CC1=O. The second-order valence-corrected chi connectivity index (χ2v) is 7.73. The van der Waals surface area contributed by atoms with Gasteiger partial charge in [0, 0.05) is 31.6 Å². The molecule has 0 radical (unpaired) electrons. The maximum atomic E-state index is 12.3. The molecular weight excluding hydrogens is 396 g/mol. The zero-order valence-electron chi connectivity index (χ0n) is 17.8. The van der Waals surface area contributed by atoms with Crippen LogP contribution >= 0.6 is 0 Å². The molecule has 164 valence electrons. The number of likely N-dealkylation sites (tertiary alicyclic amines) is 1. The van der Waals surface area contributed by atoms with Crippen molar-refractivity contribution in [3.05, 3.63) is 54.6 Å². The van der Waals surface area contributed by atoms with Gasteiger partial charge in [-0.05, 0) is 25.7 Å². The van der Waals surface area contributed by atoms with Crippen LogP contribution in [0.3, 0.4) is 0 Å². The molecule has 2 aromatic rings. The Morgan fingerprint density at radius 1 is 1.06 bits per heavy atom. The van der Waals surface area contributed by atoms with Gasteiger partial charge < -0.3 is 14.5 Å². The van der Waals surface area contributed by atoms with Crippen molar-refractivity contribution in [3.8, 4) is 16.9 Å². The Hall–Kier alpha value is -3.39. The van der Waals surface area contributed by atoms with Gasteiger partial charge in [0.15, 0.2) is 6.61 Å². The Balaban J connectivity index is 1.46. The topological polar surface area (TPSA) is 91.0 Å². The lowest BCUT2D eigenvalue weighted by Gasteiger charge is -2.19. The predicted molar refractivity (Wildman–Crippen MR) is 117 cm³/mol. The number of hydrogen-bond acceptors (Lipinski definition) is 5. The molecule has 1 aliphatic heterocycles. The average Bonchev–Trinajstić information content (AvgIpc) is 3.16. The maximum Gasteiger partial charge on any atom is 0.276 e. The molecule has 1 unspecified atom stereocenters.